The van der Waals surface area contributed by atoms with Gasteiger partial charge in [-0.3, -0.25) is 4.57 Å². The van der Waals surface area contributed by atoms with Crippen LogP contribution >= 0.6 is 0 Å². The Morgan fingerprint density at radius 1 is 0.160 bits per heavy atom. The van der Waals surface area contributed by atoms with Crippen molar-refractivity contribution >= 4 is 120 Å². The molecule has 0 N–H and O–H groups in total. The Morgan fingerprint density at radius 2 is 0.460 bits per heavy atom. The van der Waals surface area contributed by atoms with Crippen molar-refractivity contribution in [1.82, 2.24) is 33.2 Å². The van der Waals surface area contributed by atoms with Gasteiger partial charge in [0.2, 0.25) is 5.95 Å². The lowest BCUT2D eigenvalue weighted by molar-refractivity contribution is 0.953. The highest BCUT2D eigenvalue weighted by atomic mass is 15.2. The molecule has 100 heavy (non-hydrogen) atoms. The summed E-state index contributed by atoms with van der Waals surface area (Å²) in [4.78, 5) is 15.3. The molecule has 21 rings (SSSR count). The topological polar surface area (TPSA) is 58.4 Å². The molecule has 0 saturated carbocycles. The first-order chi connectivity index (χ1) is 49.6. The van der Waals surface area contributed by atoms with Gasteiger partial charge in [-0.1, -0.05) is 279 Å². The Kier molecular flexibility index (Phi) is 13.1. The summed E-state index contributed by atoms with van der Waals surface area (Å²) in [6.45, 7) is 0. The summed E-state index contributed by atoms with van der Waals surface area (Å²) in [6.07, 6.45) is 0. The standard InChI is InChI=1S/C54H34N2.C39H25N5/c1-2-14-39(15-3-1)55-51-23-10-8-21-46(51)48-29-26-37(33-53(48)55)35-13-12-16-40(31-35)56-52-24-11-9-22-47(52)49-30-27-38(34-54(49)56)36-25-28-45-43-19-5-4-17-41(43)42-18-6-7-20-44(42)50(45)32-36;1-4-14-26(15-5-1)37-40-38(27-16-6-2-7-17-27)42-39(41-37)44-34-23-13-11-21-30(34)32-25-24-31-29-20-10-12-22-33(29)43(35(31)36(32)44)28-18-8-3-9-19-28/h1-34H;1-25H. The average molecular weight is 1270 g/mol. The molecule has 0 fully saturated rings. The van der Waals surface area contributed by atoms with Gasteiger partial charge >= 0.3 is 0 Å². The van der Waals surface area contributed by atoms with E-state index in [1.54, 1.807) is 0 Å². The molecule has 7 nitrogen and oxygen atoms in total. The summed E-state index contributed by atoms with van der Waals surface area (Å²) in [5, 5.41) is 17.5. The summed E-state index contributed by atoms with van der Waals surface area (Å²) in [5.74, 6) is 1.86. The van der Waals surface area contributed by atoms with Crippen LogP contribution in [0.2, 0.25) is 0 Å². The van der Waals surface area contributed by atoms with Gasteiger partial charge in [0, 0.05) is 71.3 Å². The van der Waals surface area contributed by atoms with Crippen LogP contribution in [0, 0.1) is 0 Å². The first kappa shape index (κ1) is 56.8. The van der Waals surface area contributed by atoms with E-state index in [0.29, 0.717) is 17.6 Å². The number of nitrogens with zero attached hydrogens (tertiary/aromatic N) is 7. The summed E-state index contributed by atoms with van der Waals surface area (Å²) in [5.41, 5.74) is 19.3. The molecule has 0 unspecified atom stereocenters. The van der Waals surface area contributed by atoms with Crippen LogP contribution in [-0.2, 0) is 0 Å². The lowest BCUT2D eigenvalue weighted by atomic mass is 9.92. The lowest BCUT2D eigenvalue weighted by Gasteiger charge is -2.13. The fraction of sp³-hybridized carbons (Fsp3) is 0. The van der Waals surface area contributed by atoms with E-state index in [1.807, 2.05) is 60.7 Å². The quantitative estimate of drug-likeness (QED) is 0.142. The third kappa shape index (κ3) is 9.10. The fourth-order valence-corrected chi connectivity index (χ4v) is 15.8. The number of rotatable bonds is 8. The Labute approximate surface area is 575 Å². The monoisotopic (exact) mass is 1270 g/mol. The van der Waals surface area contributed by atoms with Crippen molar-refractivity contribution in [1.29, 1.82) is 0 Å². The molecule has 0 spiro atoms. The molecule has 0 saturated heterocycles. The van der Waals surface area contributed by atoms with E-state index in [1.165, 1.54) is 115 Å². The van der Waals surface area contributed by atoms with E-state index in [-0.39, 0.29) is 0 Å². The zero-order valence-electron chi connectivity index (χ0n) is 54.2. The SMILES string of the molecule is c1ccc(-c2nc(-c3ccccc3)nc(-n3c4ccccc4c4ccc5c6ccccc6n(-c6ccccc6)c5c43)n2)cc1.c1ccc(-n2c3ccccc3c3ccc(-c4cccc(-n5c6ccccc6c6ccc(-c7ccc8c9ccccc9c9ccccc9c8c7)cc65)c4)cc32)cc1. The van der Waals surface area contributed by atoms with Crippen molar-refractivity contribution in [3.8, 4) is 68.0 Å². The zero-order valence-corrected chi connectivity index (χ0v) is 54.2. The maximum atomic E-state index is 5.17. The maximum Gasteiger partial charge on any atom is 0.238 e. The number of aromatic nitrogens is 7. The maximum absolute atomic E-state index is 5.17. The van der Waals surface area contributed by atoms with E-state index < -0.39 is 0 Å². The molecular formula is C93H59N7. The Bertz CT molecular complexity index is 6730. The number of hydrogen-bond donors (Lipinski definition) is 0. The molecule has 0 bridgehead atoms. The van der Waals surface area contributed by atoms with Gasteiger partial charge in [-0.2, -0.15) is 9.97 Å². The van der Waals surface area contributed by atoms with Crippen molar-refractivity contribution < 1.29 is 0 Å². The van der Waals surface area contributed by atoms with Gasteiger partial charge in [-0.05, 0) is 133 Å². The van der Waals surface area contributed by atoms with Crippen molar-refractivity contribution in [2.45, 2.75) is 0 Å². The summed E-state index contributed by atoms with van der Waals surface area (Å²) >= 11 is 0. The Morgan fingerprint density at radius 3 is 0.950 bits per heavy atom. The van der Waals surface area contributed by atoms with Gasteiger partial charge in [-0.15, -0.1) is 0 Å². The van der Waals surface area contributed by atoms with E-state index in [0.717, 1.165) is 55.3 Å². The van der Waals surface area contributed by atoms with Gasteiger partial charge in [0.15, 0.2) is 11.6 Å². The van der Waals surface area contributed by atoms with Crippen LogP contribution < -0.4 is 0 Å². The van der Waals surface area contributed by atoms with Crippen LogP contribution in [0.4, 0.5) is 0 Å². The summed E-state index contributed by atoms with van der Waals surface area (Å²) in [6, 6.07) is 128. The van der Waals surface area contributed by atoms with Crippen LogP contribution in [0.3, 0.4) is 0 Å². The molecule has 0 aliphatic rings. The average Bonchev–Trinajstić information content (AvgIpc) is 1.30. The predicted molar refractivity (Wildman–Crippen MR) is 418 cm³/mol. The van der Waals surface area contributed by atoms with E-state index in [4.69, 9.17) is 15.0 Å². The van der Waals surface area contributed by atoms with Crippen molar-refractivity contribution in [3.05, 3.63) is 358 Å². The first-order valence-corrected chi connectivity index (χ1v) is 34.1. The molecule has 0 atom stereocenters. The van der Waals surface area contributed by atoms with E-state index in [9.17, 15) is 0 Å². The summed E-state index contributed by atoms with van der Waals surface area (Å²) < 4.78 is 9.44. The van der Waals surface area contributed by atoms with Gasteiger partial charge in [0.05, 0.1) is 44.1 Å². The molecule has 0 aliphatic heterocycles. The third-order valence-corrected chi connectivity index (χ3v) is 20.2. The van der Waals surface area contributed by atoms with Gasteiger partial charge in [0.1, 0.15) is 0 Å². The van der Waals surface area contributed by atoms with Crippen molar-refractivity contribution in [3.63, 3.8) is 0 Å². The van der Waals surface area contributed by atoms with Gasteiger partial charge < -0.3 is 13.7 Å². The van der Waals surface area contributed by atoms with Crippen LogP contribution in [0.5, 0.6) is 0 Å². The Hall–Kier alpha value is -13.5. The van der Waals surface area contributed by atoms with Crippen LogP contribution in [-0.4, -0.2) is 33.2 Å². The minimum Gasteiger partial charge on any atom is -0.309 e. The molecule has 21 aromatic rings. The smallest absolute Gasteiger partial charge is 0.238 e. The molecule has 16 aromatic carbocycles. The molecule has 466 valence electrons. The predicted octanol–water partition coefficient (Wildman–Crippen LogP) is 24.1. The first-order valence-electron chi connectivity index (χ1n) is 34.1. The van der Waals surface area contributed by atoms with Crippen molar-refractivity contribution in [2.75, 3.05) is 0 Å². The highest BCUT2D eigenvalue weighted by molar-refractivity contribution is 6.27. The van der Waals surface area contributed by atoms with Crippen molar-refractivity contribution in [2.24, 2.45) is 0 Å². The molecule has 5 heterocycles. The number of fused-ring (bicyclic) bond motifs is 19. The third-order valence-electron chi connectivity index (χ3n) is 20.2. The van der Waals surface area contributed by atoms with Crippen LogP contribution in [0.15, 0.2) is 358 Å². The molecule has 0 amide bonds. The fourth-order valence-electron chi connectivity index (χ4n) is 15.8. The minimum atomic E-state index is 0.585. The Balaban J connectivity index is 0.000000139. The molecule has 5 aromatic heterocycles. The molecule has 7 heteroatoms. The number of benzene rings is 16. The highest BCUT2D eigenvalue weighted by Crippen LogP contribution is 2.44. The summed E-state index contributed by atoms with van der Waals surface area (Å²) in [7, 11) is 0. The lowest BCUT2D eigenvalue weighted by Crippen LogP contribution is -2.07. The molecular weight excluding hydrogens is 1220 g/mol. The van der Waals surface area contributed by atoms with Gasteiger partial charge in [0.25, 0.3) is 0 Å². The van der Waals surface area contributed by atoms with E-state index >= 15 is 0 Å². The molecule has 0 aliphatic carbocycles. The van der Waals surface area contributed by atoms with Crippen LogP contribution in [0.25, 0.3) is 188 Å². The molecule has 0 radical (unpaired) electrons. The highest BCUT2D eigenvalue weighted by Gasteiger charge is 2.25. The largest absolute Gasteiger partial charge is 0.309 e. The zero-order chi connectivity index (χ0) is 65.8. The normalized spacial score (nSPS) is 11.8. The second-order valence-corrected chi connectivity index (χ2v) is 25.8. The number of hydrogen-bond acceptors (Lipinski definition) is 3. The number of para-hydroxylation sites is 6. The van der Waals surface area contributed by atoms with Crippen LogP contribution in [0.1, 0.15) is 0 Å². The minimum absolute atomic E-state index is 0.585. The second kappa shape index (κ2) is 23.1. The van der Waals surface area contributed by atoms with E-state index in [2.05, 4.69) is 316 Å². The second-order valence-electron chi connectivity index (χ2n) is 25.8. The van der Waals surface area contributed by atoms with Gasteiger partial charge in [-0.25, -0.2) is 4.98 Å².